The molecule has 0 radical (unpaired) electrons. The molecule has 5 heteroatoms. The van der Waals surface area contributed by atoms with E-state index in [4.69, 9.17) is 5.73 Å². The molecule has 134 valence electrons. The number of hydrogen-bond donors (Lipinski definition) is 2. The van der Waals surface area contributed by atoms with Crippen LogP contribution < -0.4 is 11.1 Å². The number of nitrogens with two attached hydrogens (primary N) is 1. The average molecular weight is 358 g/mol. The Bertz CT molecular complexity index is 663. The summed E-state index contributed by atoms with van der Waals surface area (Å²) in [4.78, 5) is 17.0. The largest absolute Gasteiger partial charge is 0.348 e. The molecule has 1 heterocycles. The molecule has 3 rings (SSSR count). The molecule has 3 N–H and O–H groups in total. The minimum Gasteiger partial charge on any atom is -0.348 e. The highest BCUT2D eigenvalue weighted by atomic mass is 32.1. The first kappa shape index (κ1) is 18.1. The molecule has 4 nitrogen and oxygen atoms in total. The van der Waals surface area contributed by atoms with Gasteiger partial charge in [-0.1, -0.05) is 62.4 Å². The third kappa shape index (κ3) is 5.38. The van der Waals surface area contributed by atoms with Gasteiger partial charge < -0.3 is 11.1 Å². The van der Waals surface area contributed by atoms with Crippen LogP contribution in [0.4, 0.5) is 0 Å². The smallest absolute Gasteiger partial charge is 0.270 e. The Morgan fingerprint density at radius 3 is 2.56 bits per heavy atom. The van der Waals surface area contributed by atoms with E-state index < -0.39 is 0 Å². The second-order valence-corrected chi connectivity index (χ2v) is 7.77. The number of nitrogens with one attached hydrogen (secondary N) is 1. The van der Waals surface area contributed by atoms with Crippen LogP contribution in [0.1, 0.15) is 72.0 Å². The molecular weight excluding hydrogens is 330 g/mol. The minimum atomic E-state index is -0.171. The van der Waals surface area contributed by atoms with Gasteiger partial charge in [-0.15, -0.1) is 11.3 Å². The summed E-state index contributed by atoms with van der Waals surface area (Å²) < 4.78 is 0. The zero-order valence-corrected chi connectivity index (χ0v) is 15.4. The molecule has 0 saturated heterocycles. The van der Waals surface area contributed by atoms with E-state index in [1.54, 1.807) is 0 Å². The summed E-state index contributed by atoms with van der Waals surface area (Å²) in [6, 6.07) is 10.3. The van der Waals surface area contributed by atoms with Gasteiger partial charge in [0.05, 0.1) is 6.04 Å². The first-order chi connectivity index (χ1) is 12.2. The van der Waals surface area contributed by atoms with Crippen molar-refractivity contribution in [3.8, 4) is 0 Å². The van der Waals surface area contributed by atoms with E-state index in [-0.39, 0.29) is 18.0 Å². The van der Waals surface area contributed by atoms with Gasteiger partial charge in [0.2, 0.25) is 0 Å². The van der Waals surface area contributed by atoms with Crippen molar-refractivity contribution in [2.45, 2.75) is 63.5 Å². The summed E-state index contributed by atoms with van der Waals surface area (Å²) in [5.74, 6) is -0.0556. The van der Waals surface area contributed by atoms with Crippen LogP contribution in [0.5, 0.6) is 0 Å². The van der Waals surface area contributed by atoms with Crippen molar-refractivity contribution in [2.75, 3.05) is 0 Å². The number of aromatic nitrogens is 1. The molecule has 1 amide bonds. The Morgan fingerprint density at radius 2 is 1.84 bits per heavy atom. The van der Waals surface area contributed by atoms with Gasteiger partial charge in [0.15, 0.2) is 0 Å². The Kier molecular flexibility index (Phi) is 6.59. The Morgan fingerprint density at radius 1 is 1.16 bits per heavy atom. The maximum Gasteiger partial charge on any atom is 0.270 e. The Balaban J connectivity index is 1.57. The fourth-order valence-electron chi connectivity index (χ4n) is 3.38. The molecule has 1 aliphatic carbocycles. The van der Waals surface area contributed by atoms with Crippen molar-refractivity contribution < 1.29 is 4.79 Å². The lowest BCUT2D eigenvalue weighted by molar-refractivity contribution is 0.0926. The van der Waals surface area contributed by atoms with Crippen LogP contribution >= 0.6 is 11.3 Å². The predicted octanol–water partition coefficient (Wildman–Crippen LogP) is 4.23. The van der Waals surface area contributed by atoms with E-state index >= 15 is 0 Å². The van der Waals surface area contributed by atoms with Gasteiger partial charge in [-0.25, -0.2) is 4.98 Å². The minimum absolute atomic E-state index is 0.0556. The molecule has 2 aromatic rings. The normalized spacial score (nSPS) is 17.5. The Labute approximate surface area is 153 Å². The van der Waals surface area contributed by atoms with Crippen molar-refractivity contribution in [2.24, 2.45) is 5.73 Å². The third-order valence-electron chi connectivity index (χ3n) is 4.81. The molecule has 1 aromatic heterocycles. The van der Waals surface area contributed by atoms with Gasteiger partial charge in [-0.05, 0) is 24.8 Å². The number of carbonyl (C=O) groups is 1. The van der Waals surface area contributed by atoms with Crippen LogP contribution in [-0.2, 0) is 6.42 Å². The van der Waals surface area contributed by atoms with Crippen molar-refractivity contribution in [1.82, 2.24) is 10.3 Å². The van der Waals surface area contributed by atoms with Gasteiger partial charge in [-0.2, -0.15) is 0 Å². The summed E-state index contributed by atoms with van der Waals surface area (Å²) in [5.41, 5.74) is 7.97. The molecule has 1 saturated carbocycles. The second-order valence-electron chi connectivity index (χ2n) is 6.88. The van der Waals surface area contributed by atoms with E-state index in [9.17, 15) is 4.79 Å². The number of carbonyl (C=O) groups excluding carboxylic acids is 1. The highest BCUT2D eigenvalue weighted by Crippen LogP contribution is 2.21. The van der Waals surface area contributed by atoms with Crippen molar-refractivity contribution in [3.63, 3.8) is 0 Å². The summed E-state index contributed by atoms with van der Waals surface area (Å²) in [6.07, 6.45) is 9.19. The monoisotopic (exact) mass is 357 g/mol. The highest BCUT2D eigenvalue weighted by Gasteiger charge is 2.19. The summed E-state index contributed by atoms with van der Waals surface area (Å²) in [5, 5.41) is 5.83. The zero-order valence-electron chi connectivity index (χ0n) is 14.6. The van der Waals surface area contributed by atoms with Gasteiger partial charge in [-0.3, -0.25) is 4.79 Å². The van der Waals surface area contributed by atoms with Crippen molar-refractivity contribution in [3.05, 3.63) is 52.0 Å². The lowest BCUT2D eigenvalue weighted by Crippen LogP contribution is -2.35. The number of hydrogen-bond acceptors (Lipinski definition) is 4. The molecule has 0 spiro atoms. The van der Waals surface area contributed by atoms with E-state index in [0.29, 0.717) is 5.69 Å². The molecule has 1 atom stereocenters. The predicted molar refractivity (Wildman–Crippen MR) is 103 cm³/mol. The van der Waals surface area contributed by atoms with Crippen molar-refractivity contribution >= 4 is 17.2 Å². The van der Waals surface area contributed by atoms with Crippen LogP contribution in [-0.4, -0.2) is 16.9 Å². The Hall–Kier alpha value is -1.72. The summed E-state index contributed by atoms with van der Waals surface area (Å²) >= 11 is 1.48. The van der Waals surface area contributed by atoms with Crippen molar-refractivity contribution in [1.29, 1.82) is 0 Å². The molecule has 1 aliphatic rings. The molecule has 1 unspecified atom stereocenters. The van der Waals surface area contributed by atoms with Gasteiger partial charge in [0.25, 0.3) is 5.91 Å². The quantitative estimate of drug-likeness (QED) is 0.841. The van der Waals surface area contributed by atoms with Gasteiger partial charge in [0, 0.05) is 11.4 Å². The maximum absolute atomic E-state index is 12.5. The summed E-state index contributed by atoms with van der Waals surface area (Å²) in [6.45, 7) is 0. The van der Waals surface area contributed by atoms with Crippen LogP contribution in [0.3, 0.4) is 0 Å². The lowest BCUT2D eigenvalue weighted by atomic mass is 9.97. The second kappa shape index (κ2) is 9.11. The van der Waals surface area contributed by atoms with E-state index in [1.807, 2.05) is 23.6 Å². The van der Waals surface area contributed by atoms with Gasteiger partial charge >= 0.3 is 0 Å². The first-order valence-electron chi connectivity index (χ1n) is 9.28. The molecule has 1 aromatic carbocycles. The van der Waals surface area contributed by atoms with E-state index in [0.717, 1.165) is 24.3 Å². The van der Waals surface area contributed by atoms with Crippen LogP contribution in [0, 0.1) is 0 Å². The third-order valence-corrected chi connectivity index (χ3v) is 5.79. The number of amides is 1. The lowest BCUT2D eigenvalue weighted by Gasteiger charge is -2.20. The molecular formula is C20H27N3OS. The topological polar surface area (TPSA) is 68.0 Å². The fourth-order valence-corrected chi connectivity index (χ4v) is 4.18. The maximum atomic E-state index is 12.5. The SMILES string of the molecule is NC(Cc1ccccc1)c1nc(C(=O)NC2CCCCCCC2)cs1. The standard InChI is InChI=1S/C20H27N3OS/c21-17(13-15-9-5-4-6-10-15)20-23-18(14-25-20)19(24)22-16-11-7-2-1-3-8-12-16/h4-6,9-10,14,16-17H,1-3,7-8,11-13,21H2,(H,22,24). The van der Waals surface area contributed by atoms with Crippen LogP contribution in [0.25, 0.3) is 0 Å². The van der Waals surface area contributed by atoms with Crippen LogP contribution in [0.2, 0.25) is 0 Å². The molecule has 0 bridgehead atoms. The zero-order chi connectivity index (χ0) is 17.5. The first-order valence-corrected chi connectivity index (χ1v) is 10.2. The number of rotatable bonds is 5. The van der Waals surface area contributed by atoms with E-state index in [2.05, 4.69) is 22.4 Å². The van der Waals surface area contributed by atoms with E-state index in [1.165, 1.54) is 49.0 Å². The van der Waals surface area contributed by atoms with Gasteiger partial charge in [0.1, 0.15) is 10.7 Å². The molecule has 25 heavy (non-hydrogen) atoms. The van der Waals surface area contributed by atoms with Crippen LogP contribution in [0.15, 0.2) is 35.7 Å². The molecule has 1 fully saturated rings. The summed E-state index contributed by atoms with van der Waals surface area (Å²) in [7, 11) is 0. The number of benzene rings is 1. The highest BCUT2D eigenvalue weighted by molar-refractivity contribution is 7.09. The molecule has 0 aliphatic heterocycles. The fraction of sp³-hybridized carbons (Fsp3) is 0.500. The number of thiazole rings is 1. The average Bonchev–Trinajstić information content (AvgIpc) is 3.08. The number of nitrogens with zero attached hydrogens (tertiary/aromatic N) is 1.